The first-order chi connectivity index (χ1) is 16.9. The molecule has 0 bridgehead atoms. The molecule has 0 atom stereocenters. The van der Waals surface area contributed by atoms with E-state index in [9.17, 15) is 22.7 Å². The lowest BCUT2D eigenvalue weighted by Gasteiger charge is -2.10. The van der Waals surface area contributed by atoms with Crippen LogP contribution in [-0.2, 0) is 11.3 Å². The van der Waals surface area contributed by atoms with E-state index in [0.29, 0.717) is 23.3 Å². The number of rotatable bonds is 7. The fraction of sp³-hybridized carbons (Fsp3) is 0.103. The molecule has 0 aliphatic carbocycles. The predicted octanol–water partition coefficient (Wildman–Crippen LogP) is 7.99. The number of hydrogen-bond acceptors (Lipinski definition) is 2. The Morgan fingerprint density at radius 1 is 0.657 bits per heavy atom. The first-order valence-electron chi connectivity index (χ1n) is 11.0. The molecule has 178 valence electrons. The van der Waals surface area contributed by atoms with Gasteiger partial charge in [0.1, 0.15) is 5.75 Å². The summed E-state index contributed by atoms with van der Waals surface area (Å²) >= 11 is 0. The minimum atomic E-state index is -0.984. The van der Waals surface area contributed by atoms with Gasteiger partial charge in [-0.3, -0.25) is 0 Å². The van der Waals surface area contributed by atoms with E-state index in [4.69, 9.17) is 4.74 Å². The van der Waals surface area contributed by atoms with Gasteiger partial charge in [-0.25, -0.2) is 17.6 Å². The van der Waals surface area contributed by atoms with E-state index in [0.717, 1.165) is 0 Å². The first-order valence-corrected chi connectivity index (χ1v) is 11.0. The predicted molar refractivity (Wildman–Crippen MR) is 130 cm³/mol. The van der Waals surface area contributed by atoms with Gasteiger partial charge in [0, 0.05) is 28.9 Å². The first kappa shape index (κ1) is 24.2. The van der Waals surface area contributed by atoms with E-state index in [-0.39, 0.29) is 34.6 Å². The Bertz CT molecular complexity index is 1360. The van der Waals surface area contributed by atoms with Crippen LogP contribution in [0.1, 0.15) is 23.6 Å². The Labute approximate surface area is 200 Å². The Morgan fingerprint density at radius 2 is 1.23 bits per heavy atom. The highest BCUT2D eigenvalue weighted by Gasteiger charge is 2.16. The molecule has 0 unspecified atom stereocenters. The normalized spacial score (nSPS) is 11.3. The molecule has 0 aliphatic heterocycles. The van der Waals surface area contributed by atoms with Crippen molar-refractivity contribution in [2.45, 2.75) is 13.5 Å². The van der Waals surface area contributed by atoms with Gasteiger partial charge in [0.2, 0.25) is 0 Å². The quantitative estimate of drug-likeness (QED) is 0.215. The van der Waals surface area contributed by atoms with Gasteiger partial charge in [0.05, 0.1) is 6.61 Å². The highest BCUT2D eigenvalue weighted by molar-refractivity contribution is 5.75. The van der Waals surface area contributed by atoms with Crippen molar-refractivity contribution in [3.63, 3.8) is 0 Å². The maximum Gasteiger partial charge on any atom is 0.167 e. The van der Waals surface area contributed by atoms with Crippen LogP contribution in [0, 0.1) is 23.3 Å². The van der Waals surface area contributed by atoms with E-state index in [1.54, 1.807) is 37.3 Å². The third kappa shape index (κ3) is 5.28. The van der Waals surface area contributed by atoms with Crippen LogP contribution in [0.2, 0.25) is 0 Å². The van der Waals surface area contributed by atoms with Crippen LogP contribution in [0.15, 0.2) is 72.8 Å². The summed E-state index contributed by atoms with van der Waals surface area (Å²) in [5.41, 5.74) is 2.01. The van der Waals surface area contributed by atoms with Gasteiger partial charge in [-0.15, -0.1) is 0 Å². The fourth-order valence-corrected chi connectivity index (χ4v) is 3.65. The smallest absolute Gasteiger partial charge is 0.167 e. The zero-order valence-corrected chi connectivity index (χ0v) is 18.9. The average molecular weight is 478 g/mol. The van der Waals surface area contributed by atoms with E-state index in [2.05, 4.69) is 0 Å². The van der Waals surface area contributed by atoms with Gasteiger partial charge < -0.3 is 9.84 Å². The van der Waals surface area contributed by atoms with Crippen molar-refractivity contribution in [1.29, 1.82) is 0 Å². The third-order valence-corrected chi connectivity index (χ3v) is 5.59. The van der Waals surface area contributed by atoms with Crippen LogP contribution in [0.5, 0.6) is 5.75 Å². The molecule has 6 heteroatoms. The Balaban J connectivity index is 1.54. The van der Waals surface area contributed by atoms with Crippen molar-refractivity contribution >= 4 is 12.2 Å². The molecule has 0 radical (unpaired) electrons. The molecule has 2 nitrogen and oxygen atoms in total. The summed E-state index contributed by atoms with van der Waals surface area (Å²) in [7, 11) is 0. The molecule has 0 spiro atoms. The van der Waals surface area contributed by atoms with Crippen LogP contribution in [-0.4, -0.2) is 11.7 Å². The van der Waals surface area contributed by atoms with Crippen molar-refractivity contribution < 1.29 is 27.4 Å². The van der Waals surface area contributed by atoms with E-state index < -0.39 is 23.3 Å². The van der Waals surface area contributed by atoms with Gasteiger partial charge in [0.15, 0.2) is 23.3 Å². The van der Waals surface area contributed by atoms with Crippen molar-refractivity contribution in [2.75, 3.05) is 6.61 Å². The molecule has 4 aromatic rings. The highest BCUT2D eigenvalue weighted by Crippen LogP contribution is 2.32. The van der Waals surface area contributed by atoms with E-state index in [1.807, 2.05) is 0 Å². The van der Waals surface area contributed by atoms with Gasteiger partial charge in [-0.1, -0.05) is 72.8 Å². The Kier molecular flexibility index (Phi) is 7.32. The standard InChI is InChI=1S/C29H22F4O2/c1-2-35-17-22-10-9-21(26(30)27(22)31)8-5-18-3-6-19(7-4-18)24-15-16-25(29(33)28(24)32)20-11-13-23(34)14-12-20/h3-16,34H,2,17H2,1H3/b8-5+. The second-order valence-electron chi connectivity index (χ2n) is 7.87. The summed E-state index contributed by atoms with van der Waals surface area (Å²) in [6.45, 7) is 2.17. The number of halogens is 4. The molecular formula is C29H22F4O2. The summed E-state index contributed by atoms with van der Waals surface area (Å²) in [5, 5.41) is 9.40. The number of phenols is 1. The number of aromatic hydroxyl groups is 1. The van der Waals surface area contributed by atoms with Crippen LogP contribution < -0.4 is 0 Å². The molecule has 0 saturated heterocycles. The molecule has 4 rings (SSSR count). The zero-order chi connectivity index (χ0) is 24.9. The minimum Gasteiger partial charge on any atom is -0.508 e. The second-order valence-corrected chi connectivity index (χ2v) is 7.87. The zero-order valence-electron chi connectivity index (χ0n) is 18.9. The molecular weight excluding hydrogens is 456 g/mol. The second kappa shape index (κ2) is 10.6. The summed E-state index contributed by atoms with van der Waals surface area (Å²) in [6.07, 6.45) is 3.05. The van der Waals surface area contributed by atoms with Crippen LogP contribution in [0.25, 0.3) is 34.4 Å². The molecule has 4 aromatic carbocycles. The lowest BCUT2D eigenvalue weighted by molar-refractivity contribution is 0.131. The average Bonchev–Trinajstić information content (AvgIpc) is 2.87. The SMILES string of the molecule is CCOCc1ccc(/C=C/c2ccc(-c3ccc(-c4ccc(O)cc4)c(F)c3F)cc2)c(F)c1F. The Hall–Kier alpha value is -3.90. The van der Waals surface area contributed by atoms with Gasteiger partial charge in [-0.05, 0) is 35.7 Å². The van der Waals surface area contributed by atoms with Crippen LogP contribution in [0.4, 0.5) is 17.6 Å². The largest absolute Gasteiger partial charge is 0.508 e. The number of phenolic OH excluding ortho intramolecular Hbond substituents is 1. The van der Waals surface area contributed by atoms with Crippen molar-refractivity contribution in [3.05, 3.63) is 113 Å². The monoisotopic (exact) mass is 478 g/mol. The molecule has 35 heavy (non-hydrogen) atoms. The van der Waals surface area contributed by atoms with Crippen molar-refractivity contribution in [1.82, 2.24) is 0 Å². The van der Waals surface area contributed by atoms with E-state index >= 15 is 0 Å². The summed E-state index contributed by atoms with van der Waals surface area (Å²) in [5.74, 6) is -3.83. The fourth-order valence-electron chi connectivity index (χ4n) is 3.65. The van der Waals surface area contributed by atoms with Gasteiger partial charge >= 0.3 is 0 Å². The molecule has 1 N–H and O–H groups in total. The minimum absolute atomic E-state index is 0.00220. The topological polar surface area (TPSA) is 29.5 Å². The molecule has 0 aromatic heterocycles. The molecule has 0 heterocycles. The Morgan fingerprint density at radius 3 is 1.80 bits per heavy atom. The maximum atomic E-state index is 14.9. The number of ether oxygens (including phenoxy) is 1. The lowest BCUT2D eigenvalue weighted by atomic mass is 9.98. The molecule has 0 saturated carbocycles. The maximum absolute atomic E-state index is 14.9. The molecule has 0 fully saturated rings. The third-order valence-electron chi connectivity index (χ3n) is 5.59. The number of benzene rings is 4. The summed E-state index contributed by atoms with van der Waals surface area (Å²) < 4.78 is 63.3. The van der Waals surface area contributed by atoms with Crippen LogP contribution in [0.3, 0.4) is 0 Å². The van der Waals surface area contributed by atoms with Crippen LogP contribution >= 0.6 is 0 Å². The summed E-state index contributed by atoms with van der Waals surface area (Å²) in [6, 6.07) is 18.4. The van der Waals surface area contributed by atoms with Crippen molar-refractivity contribution in [3.8, 4) is 28.0 Å². The summed E-state index contributed by atoms with van der Waals surface area (Å²) in [4.78, 5) is 0. The molecule has 0 amide bonds. The molecule has 0 aliphatic rings. The lowest BCUT2D eigenvalue weighted by Crippen LogP contribution is -1.99. The van der Waals surface area contributed by atoms with Gasteiger partial charge in [0.25, 0.3) is 0 Å². The number of hydrogen-bond donors (Lipinski definition) is 1. The van der Waals surface area contributed by atoms with Gasteiger partial charge in [-0.2, -0.15) is 0 Å². The van der Waals surface area contributed by atoms with E-state index in [1.165, 1.54) is 54.6 Å². The van der Waals surface area contributed by atoms with Crippen molar-refractivity contribution in [2.24, 2.45) is 0 Å². The highest BCUT2D eigenvalue weighted by atomic mass is 19.2.